The van der Waals surface area contributed by atoms with E-state index in [2.05, 4.69) is 72.8 Å². The van der Waals surface area contributed by atoms with E-state index in [0.29, 0.717) is 0 Å². The van der Waals surface area contributed by atoms with Crippen molar-refractivity contribution >= 4 is 21.7 Å². The van der Waals surface area contributed by atoms with Gasteiger partial charge in [0.1, 0.15) is 11.3 Å². The maximum atomic E-state index is 6.58. The van der Waals surface area contributed by atoms with E-state index in [9.17, 15) is 0 Å². The highest BCUT2D eigenvalue weighted by atomic mass is 16.3. The number of fused-ring (bicyclic) bond motifs is 4. The Morgan fingerprint density at radius 2 is 1.06 bits per heavy atom. The predicted octanol–water partition coefficient (Wildman–Crippen LogP) is 9.57. The molecule has 0 N–H and O–H groups in total. The maximum absolute atomic E-state index is 6.58. The molecule has 2 aliphatic rings. The minimum absolute atomic E-state index is 0.821. The van der Waals surface area contributed by atoms with Crippen LogP contribution >= 0.6 is 0 Å². The lowest BCUT2D eigenvalue weighted by atomic mass is 10.00. The average molecular weight is 450 g/mol. The molecule has 35 heavy (non-hydrogen) atoms. The van der Waals surface area contributed by atoms with Crippen molar-refractivity contribution in [1.29, 1.82) is 0 Å². The van der Waals surface area contributed by atoms with Gasteiger partial charge in [-0.1, -0.05) is 78.9 Å². The van der Waals surface area contributed by atoms with Crippen molar-refractivity contribution in [3.63, 3.8) is 0 Å². The van der Waals surface area contributed by atoms with Gasteiger partial charge in [-0.05, 0) is 47.2 Å². The Labute approximate surface area is 203 Å². The fraction of sp³-hybridized carbons (Fsp3) is 0. The van der Waals surface area contributed by atoms with Crippen molar-refractivity contribution in [3.05, 3.63) is 127 Å². The van der Waals surface area contributed by atoms with E-state index in [4.69, 9.17) is 8.83 Å². The van der Waals surface area contributed by atoms with Crippen molar-refractivity contribution in [2.75, 3.05) is 0 Å². The first kappa shape index (κ1) is 19.7. The van der Waals surface area contributed by atoms with Gasteiger partial charge < -0.3 is 4.42 Å². The molecule has 0 unspecified atom stereocenters. The SMILES string of the molecule is c1ccc(-c2cc(-c3c4oc5ccccc5cc-4c4ccccc34)cc(-c3ccccc3)[o+]2)cc1. The molecule has 7 rings (SSSR count). The third kappa shape index (κ3) is 3.31. The van der Waals surface area contributed by atoms with E-state index in [1.807, 2.05) is 54.6 Å². The van der Waals surface area contributed by atoms with Crippen molar-refractivity contribution in [2.45, 2.75) is 0 Å². The first-order valence-electron chi connectivity index (χ1n) is 11.8. The standard InChI is InChI=1S/C33H21O2/c1-3-11-22(12-4-1)30-20-25(21-31(34-30)23-13-5-2-6-14-23)32-27-17-9-8-16-26(27)28-19-24-15-7-10-18-29(24)35-33(28)32/h1-21H/q+1. The normalized spacial score (nSPS) is 11.4. The highest BCUT2D eigenvalue weighted by molar-refractivity contribution is 6.14. The molecule has 5 aromatic rings. The first-order valence-corrected chi connectivity index (χ1v) is 11.8. The van der Waals surface area contributed by atoms with Crippen LogP contribution in [0.15, 0.2) is 136 Å². The minimum atomic E-state index is 0.821. The van der Waals surface area contributed by atoms with E-state index in [-0.39, 0.29) is 0 Å². The quantitative estimate of drug-likeness (QED) is 0.251. The van der Waals surface area contributed by atoms with Crippen LogP contribution in [-0.4, -0.2) is 0 Å². The summed E-state index contributed by atoms with van der Waals surface area (Å²) >= 11 is 0. The smallest absolute Gasteiger partial charge is 0.361 e. The van der Waals surface area contributed by atoms with Gasteiger partial charge in [-0.3, -0.25) is 0 Å². The lowest BCUT2D eigenvalue weighted by molar-refractivity contribution is 0.582. The van der Waals surface area contributed by atoms with Crippen LogP contribution < -0.4 is 0 Å². The second-order valence-corrected chi connectivity index (χ2v) is 8.75. The Bertz CT molecular complexity index is 1720. The minimum Gasteiger partial charge on any atom is -0.455 e. The molecule has 0 radical (unpaired) electrons. The van der Waals surface area contributed by atoms with Gasteiger partial charge in [-0.2, -0.15) is 0 Å². The largest absolute Gasteiger partial charge is 0.455 e. The molecule has 0 spiro atoms. The fourth-order valence-electron chi connectivity index (χ4n) is 4.94. The average Bonchev–Trinajstić information content (AvgIpc) is 3.26. The van der Waals surface area contributed by atoms with E-state index in [0.717, 1.165) is 56.1 Å². The van der Waals surface area contributed by atoms with Crippen molar-refractivity contribution in [2.24, 2.45) is 0 Å². The summed E-state index contributed by atoms with van der Waals surface area (Å²) < 4.78 is 13.0. The van der Waals surface area contributed by atoms with Crippen LogP contribution in [0.1, 0.15) is 0 Å². The third-order valence-electron chi connectivity index (χ3n) is 6.59. The number of hydrogen-bond acceptors (Lipinski definition) is 1. The zero-order valence-electron chi connectivity index (χ0n) is 18.9. The Hall–Kier alpha value is -4.69. The second-order valence-electron chi connectivity index (χ2n) is 8.75. The molecule has 1 aliphatic carbocycles. The zero-order chi connectivity index (χ0) is 23.2. The summed E-state index contributed by atoms with van der Waals surface area (Å²) in [7, 11) is 0. The molecule has 0 fully saturated rings. The summed E-state index contributed by atoms with van der Waals surface area (Å²) in [6.45, 7) is 0. The summed E-state index contributed by atoms with van der Waals surface area (Å²) in [6, 6.07) is 43.7. The molecule has 0 atom stereocenters. The highest BCUT2D eigenvalue weighted by Crippen LogP contribution is 2.47. The third-order valence-corrected chi connectivity index (χ3v) is 6.59. The molecular formula is C33H21O2+. The van der Waals surface area contributed by atoms with E-state index >= 15 is 0 Å². The van der Waals surface area contributed by atoms with Gasteiger partial charge >= 0.3 is 11.5 Å². The van der Waals surface area contributed by atoms with Crippen LogP contribution in [0.4, 0.5) is 0 Å². The maximum Gasteiger partial charge on any atom is 0.361 e. The number of rotatable bonds is 3. The fourth-order valence-corrected chi connectivity index (χ4v) is 4.94. The Balaban J connectivity index is 1.57. The Morgan fingerprint density at radius 3 is 1.74 bits per heavy atom. The molecule has 164 valence electrons. The Morgan fingerprint density at radius 1 is 0.486 bits per heavy atom. The van der Waals surface area contributed by atoms with Crippen LogP contribution in [0.3, 0.4) is 0 Å². The molecular weight excluding hydrogens is 428 g/mol. The zero-order valence-corrected chi connectivity index (χ0v) is 18.9. The van der Waals surface area contributed by atoms with Crippen LogP contribution in [0, 0.1) is 0 Å². The van der Waals surface area contributed by atoms with Crippen molar-refractivity contribution in [1.82, 2.24) is 0 Å². The van der Waals surface area contributed by atoms with Gasteiger partial charge in [0.05, 0.1) is 23.3 Å². The number of para-hydroxylation sites is 1. The van der Waals surface area contributed by atoms with Gasteiger partial charge in [0.2, 0.25) is 0 Å². The summed E-state index contributed by atoms with van der Waals surface area (Å²) in [5.74, 6) is 2.54. The Kier molecular flexibility index (Phi) is 4.49. The van der Waals surface area contributed by atoms with Gasteiger partial charge in [-0.15, -0.1) is 0 Å². The lowest BCUT2D eigenvalue weighted by Gasteiger charge is -2.07. The predicted molar refractivity (Wildman–Crippen MR) is 143 cm³/mol. The molecule has 1 aromatic heterocycles. The van der Waals surface area contributed by atoms with Crippen LogP contribution in [-0.2, 0) is 0 Å². The van der Waals surface area contributed by atoms with Crippen LogP contribution in [0.2, 0.25) is 0 Å². The molecule has 2 heterocycles. The summed E-state index contributed by atoms with van der Waals surface area (Å²) in [5.41, 5.74) is 6.23. The van der Waals surface area contributed by atoms with Crippen molar-refractivity contribution < 1.29 is 8.83 Å². The highest BCUT2D eigenvalue weighted by Gasteiger charge is 2.27. The topological polar surface area (TPSA) is 24.4 Å². The number of hydrogen-bond donors (Lipinski definition) is 0. The summed E-state index contributed by atoms with van der Waals surface area (Å²) in [6.07, 6.45) is 0. The molecule has 2 heteroatoms. The van der Waals surface area contributed by atoms with Crippen LogP contribution in [0.25, 0.3) is 66.8 Å². The molecule has 4 aromatic carbocycles. The first-order chi connectivity index (χ1) is 17.3. The molecule has 0 saturated carbocycles. The van der Waals surface area contributed by atoms with Gasteiger partial charge in [0.25, 0.3) is 0 Å². The van der Waals surface area contributed by atoms with Gasteiger partial charge in [0, 0.05) is 22.1 Å². The van der Waals surface area contributed by atoms with E-state index in [1.54, 1.807) is 0 Å². The summed E-state index contributed by atoms with van der Waals surface area (Å²) in [4.78, 5) is 0. The van der Waals surface area contributed by atoms with E-state index in [1.165, 1.54) is 10.8 Å². The summed E-state index contributed by atoms with van der Waals surface area (Å²) in [5, 5.41) is 3.46. The monoisotopic (exact) mass is 449 g/mol. The number of benzene rings is 4. The van der Waals surface area contributed by atoms with Crippen molar-refractivity contribution in [3.8, 4) is 45.1 Å². The molecule has 2 nitrogen and oxygen atoms in total. The molecule has 0 saturated heterocycles. The van der Waals surface area contributed by atoms with E-state index < -0.39 is 0 Å². The van der Waals surface area contributed by atoms with Crippen LogP contribution in [0.5, 0.6) is 0 Å². The van der Waals surface area contributed by atoms with Gasteiger partial charge in [-0.25, -0.2) is 4.42 Å². The van der Waals surface area contributed by atoms with Gasteiger partial charge in [0.15, 0.2) is 0 Å². The lowest BCUT2D eigenvalue weighted by Crippen LogP contribution is -1.87. The molecule has 0 bridgehead atoms. The molecule has 0 amide bonds. The second kappa shape index (κ2) is 7.96. The molecule has 1 aliphatic heterocycles.